The summed E-state index contributed by atoms with van der Waals surface area (Å²) in [6.45, 7) is 7.24. The molecule has 2 aliphatic rings. The van der Waals surface area contributed by atoms with Crippen molar-refractivity contribution in [1.29, 1.82) is 0 Å². The minimum Gasteiger partial charge on any atom is -0.481 e. The second-order valence-corrected chi connectivity index (χ2v) is 11.3. The highest BCUT2D eigenvalue weighted by molar-refractivity contribution is 7.99. The minimum atomic E-state index is -0.591. The Balaban J connectivity index is 1.42. The van der Waals surface area contributed by atoms with E-state index in [1.807, 2.05) is 30.3 Å². The number of hydrogen-bond acceptors (Lipinski definition) is 5. The predicted octanol–water partition coefficient (Wildman–Crippen LogP) is 5.06. The number of carbonyl (C=O) groups excluding carboxylic acids is 1. The summed E-state index contributed by atoms with van der Waals surface area (Å²) in [5.74, 6) is 1.59. The first kappa shape index (κ1) is 23.3. The van der Waals surface area contributed by atoms with E-state index in [4.69, 9.17) is 9.47 Å². The van der Waals surface area contributed by atoms with Gasteiger partial charge < -0.3 is 24.5 Å². The molecule has 1 aliphatic carbocycles. The molecule has 1 atom stereocenters. The molecule has 5 rings (SSSR count). The number of nitrogens with one attached hydrogen (secondary N) is 1. The van der Waals surface area contributed by atoms with Crippen molar-refractivity contribution in [2.75, 3.05) is 25.0 Å². The number of aliphatic hydroxyl groups is 1. The Kier molecular flexibility index (Phi) is 5.91. The Morgan fingerprint density at radius 2 is 2.03 bits per heavy atom. The van der Waals surface area contributed by atoms with Crippen LogP contribution < -0.4 is 10.1 Å². The van der Waals surface area contributed by atoms with Gasteiger partial charge in [0.15, 0.2) is 0 Å². The van der Waals surface area contributed by atoms with Crippen LogP contribution in [0.1, 0.15) is 44.9 Å². The van der Waals surface area contributed by atoms with E-state index in [0.717, 1.165) is 51.3 Å². The van der Waals surface area contributed by atoms with Crippen LogP contribution in [0.3, 0.4) is 0 Å². The van der Waals surface area contributed by atoms with E-state index in [1.165, 1.54) is 0 Å². The van der Waals surface area contributed by atoms with Crippen LogP contribution in [0.4, 0.5) is 5.69 Å². The number of carbonyl (C=O) groups is 1. The van der Waals surface area contributed by atoms with Crippen molar-refractivity contribution in [2.45, 2.75) is 62.0 Å². The number of benzene rings is 2. The van der Waals surface area contributed by atoms with Gasteiger partial charge in [-0.1, -0.05) is 38.6 Å². The molecular weight excluding hydrogens is 448 g/mol. The van der Waals surface area contributed by atoms with Gasteiger partial charge in [0.05, 0.1) is 29.6 Å². The van der Waals surface area contributed by atoms with Crippen molar-refractivity contribution in [3.8, 4) is 5.75 Å². The molecule has 180 valence electrons. The largest absolute Gasteiger partial charge is 0.481 e. The molecule has 3 aromatic rings. The van der Waals surface area contributed by atoms with Crippen molar-refractivity contribution in [3.05, 3.63) is 53.7 Å². The van der Waals surface area contributed by atoms with Crippen LogP contribution in [0.25, 0.3) is 10.9 Å². The van der Waals surface area contributed by atoms with E-state index in [9.17, 15) is 9.90 Å². The molecule has 2 aromatic carbocycles. The van der Waals surface area contributed by atoms with Gasteiger partial charge in [-0.2, -0.15) is 0 Å². The van der Waals surface area contributed by atoms with Crippen LogP contribution in [0.15, 0.2) is 47.4 Å². The number of ether oxygens (including phenoxy) is 2. The molecule has 0 spiro atoms. The zero-order valence-electron chi connectivity index (χ0n) is 20.2. The predicted molar refractivity (Wildman–Crippen MR) is 136 cm³/mol. The van der Waals surface area contributed by atoms with E-state index in [1.54, 1.807) is 18.9 Å². The molecule has 0 radical (unpaired) electrons. The molecule has 34 heavy (non-hydrogen) atoms. The van der Waals surface area contributed by atoms with Gasteiger partial charge in [0.1, 0.15) is 11.7 Å². The summed E-state index contributed by atoms with van der Waals surface area (Å²) in [6.07, 6.45) is 1.12. The maximum atomic E-state index is 13.4. The van der Waals surface area contributed by atoms with E-state index >= 15 is 0 Å². The lowest BCUT2D eigenvalue weighted by Crippen LogP contribution is -2.27. The molecule has 1 amide bonds. The number of nitrogens with zero attached hydrogens (tertiary/aromatic N) is 1. The van der Waals surface area contributed by atoms with Crippen LogP contribution in [0.5, 0.6) is 5.75 Å². The summed E-state index contributed by atoms with van der Waals surface area (Å²) in [4.78, 5) is 14.5. The molecule has 7 heteroatoms. The Labute approximate surface area is 204 Å². The third-order valence-electron chi connectivity index (χ3n) is 6.79. The third-order valence-corrected chi connectivity index (χ3v) is 7.66. The first-order valence-corrected chi connectivity index (χ1v) is 12.7. The third kappa shape index (κ3) is 4.21. The van der Waals surface area contributed by atoms with E-state index in [-0.39, 0.29) is 17.9 Å². The van der Waals surface area contributed by atoms with Gasteiger partial charge in [0.25, 0.3) is 0 Å². The lowest BCUT2D eigenvalue weighted by Gasteiger charge is -2.23. The summed E-state index contributed by atoms with van der Waals surface area (Å²) in [5, 5.41) is 14.6. The van der Waals surface area contributed by atoms with Crippen LogP contribution in [-0.4, -0.2) is 41.3 Å². The highest BCUT2D eigenvalue weighted by Gasteiger charge is 2.51. The van der Waals surface area contributed by atoms with Crippen molar-refractivity contribution >= 4 is 34.3 Å². The highest BCUT2D eigenvalue weighted by atomic mass is 32.2. The fourth-order valence-electron chi connectivity index (χ4n) is 4.84. The first-order chi connectivity index (χ1) is 16.2. The highest BCUT2D eigenvalue weighted by Crippen LogP contribution is 2.51. The van der Waals surface area contributed by atoms with E-state index in [2.05, 4.69) is 42.8 Å². The van der Waals surface area contributed by atoms with Gasteiger partial charge in [-0.3, -0.25) is 4.79 Å². The average molecular weight is 481 g/mol. The van der Waals surface area contributed by atoms with E-state index < -0.39 is 11.5 Å². The number of anilines is 1. The maximum Gasteiger partial charge on any atom is 0.235 e. The molecule has 0 saturated heterocycles. The molecule has 1 aromatic heterocycles. The van der Waals surface area contributed by atoms with Gasteiger partial charge >= 0.3 is 0 Å². The molecule has 1 unspecified atom stereocenters. The number of hydrogen-bond donors (Lipinski definition) is 2. The smallest absolute Gasteiger partial charge is 0.235 e. The fourth-order valence-corrected chi connectivity index (χ4v) is 5.63. The fraction of sp³-hybridized carbons (Fsp3) is 0.444. The van der Waals surface area contributed by atoms with Crippen LogP contribution in [0, 0.1) is 0 Å². The van der Waals surface area contributed by atoms with Crippen molar-refractivity contribution in [1.82, 2.24) is 4.57 Å². The number of methoxy groups -OCH3 is 1. The van der Waals surface area contributed by atoms with Gasteiger partial charge in [-0.15, -0.1) is 0 Å². The minimum absolute atomic E-state index is 0.0432. The lowest BCUT2D eigenvalue weighted by atomic mass is 9.92. The molecule has 1 saturated carbocycles. The zero-order chi connectivity index (χ0) is 24.1. The zero-order valence-corrected chi connectivity index (χ0v) is 21.0. The second-order valence-electron chi connectivity index (χ2n) is 10.4. The molecule has 6 nitrogen and oxygen atoms in total. The maximum absolute atomic E-state index is 13.4. The number of thioether (sulfide) groups is 1. The molecule has 0 bridgehead atoms. The Morgan fingerprint density at radius 3 is 2.74 bits per heavy atom. The Morgan fingerprint density at radius 1 is 1.24 bits per heavy atom. The summed E-state index contributed by atoms with van der Waals surface area (Å²) < 4.78 is 12.9. The number of aliphatic hydroxyl groups excluding tert-OH is 1. The normalized spacial score (nSPS) is 17.3. The summed E-state index contributed by atoms with van der Waals surface area (Å²) in [5.41, 5.74) is 3.48. The number of fused-ring (bicyclic) bond motifs is 2. The van der Waals surface area contributed by atoms with Gasteiger partial charge in [0, 0.05) is 34.8 Å². The monoisotopic (exact) mass is 480 g/mol. The Hall–Kier alpha value is -2.48. The number of aromatic nitrogens is 1. The van der Waals surface area contributed by atoms with Crippen LogP contribution >= 0.6 is 11.8 Å². The topological polar surface area (TPSA) is 72.7 Å². The van der Waals surface area contributed by atoms with Crippen molar-refractivity contribution in [3.63, 3.8) is 0 Å². The summed E-state index contributed by atoms with van der Waals surface area (Å²) in [6, 6.07) is 14.3. The van der Waals surface area contributed by atoms with Crippen LogP contribution in [0.2, 0.25) is 0 Å². The standard InChI is InChI=1S/C27H32N2O4S/c1-26(2,3)24-12-17-11-19(6-7-21(17)29(24)14-20(30)15-32-4)28-25(31)27(9-10-27)18-5-8-22-23(13-18)34-16-33-22/h5-8,11-13,20,30H,9-10,14-16H2,1-4H3,(H,28,31). The summed E-state index contributed by atoms with van der Waals surface area (Å²) in [7, 11) is 1.60. The van der Waals surface area contributed by atoms with Crippen molar-refractivity contribution in [2.24, 2.45) is 0 Å². The lowest BCUT2D eigenvalue weighted by molar-refractivity contribution is -0.118. The van der Waals surface area contributed by atoms with E-state index in [0.29, 0.717) is 12.5 Å². The molecular formula is C27H32N2O4S. The molecule has 1 aliphatic heterocycles. The number of rotatable bonds is 7. The first-order valence-electron chi connectivity index (χ1n) is 11.7. The van der Waals surface area contributed by atoms with Gasteiger partial charge in [-0.25, -0.2) is 0 Å². The SMILES string of the molecule is COCC(O)Cn1c(C(C)(C)C)cc2cc(NC(=O)C3(c4ccc5c(c4)SCO5)CC3)ccc21. The average Bonchev–Trinajstić information content (AvgIpc) is 3.33. The van der Waals surface area contributed by atoms with Crippen molar-refractivity contribution < 1.29 is 19.4 Å². The molecule has 1 fully saturated rings. The van der Waals surface area contributed by atoms with Gasteiger partial charge in [-0.05, 0) is 54.8 Å². The Bertz CT molecular complexity index is 1240. The summed E-state index contributed by atoms with van der Waals surface area (Å²) >= 11 is 1.67. The molecule has 2 heterocycles. The second kappa shape index (κ2) is 8.63. The molecule has 2 N–H and O–H groups in total. The van der Waals surface area contributed by atoms with Crippen LogP contribution in [-0.2, 0) is 26.9 Å². The quantitative estimate of drug-likeness (QED) is 0.495. The number of amides is 1. The van der Waals surface area contributed by atoms with Gasteiger partial charge in [0.2, 0.25) is 5.91 Å².